The molecule has 1 fully saturated rings. The molecule has 3 nitrogen and oxygen atoms in total. The Bertz CT molecular complexity index is 281. The molecule has 0 saturated carbocycles. The number of nitrogens with zero attached hydrogens (tertiary/aromatic N) is 1. The third kappa shape index (κ3) is 2.91. The van der Waals surface area contributed by atoms with E-state index in [1.807, 2.05) is 18.3 Å². The Morgan fingerprint density at radius 2 is 2.33 bits per heavy atom. The Kier molecular flexibility index (Phi) is 5.02. The molecular formula is C11H17ClN2O. The van der Waals surface area contributed by atoms with Crippen LogP contribution in [0, 0.1) is 5.92 Å². The maximum atomic E-state index is 5.21. The lowest BCUT2D eigenvalue weighted by Crippen LogP contribution is -2.17. The minimum atomic E-state index is 0. The predicted octanol–water partition coefficient (Wildman–Crippen LogP) is 1.45. The second kappa shape index (κ2) is 6.05. The lowest BCUT2D eigenvalue weighted by Gasteiger charge is -2.16. The van der Waals surface area contributed by atoms with Gasteiger partial charge < -0.3 is 10.1 Å². The predicted molar refractivity (Wildman–Crippen MR) is 62.5 cm³/mol. The van der Waals surface area contributed by atoms with Crippen molar-refractivity contribution in [3.8, 4) is 0 Å². The second-order valence-corrected chi connectivity index (χ2v) is 3.73. The van der Waals surface area contributed by atoms with Gasteiger partial charge in [0.15, 0.2) is 0 Å². The van der Waals surface area contributed by atoms with Crippen molar-refractivity contribution < 1.29 is 4.74 Å². The first-order chi connectivity index (χ1) is 6.92. The maximum absolute atomic E-state index is 5.21. The van der Waals surface area contributed by atoms with E-state index in [9.17, 15) is 0 Å². The molecule has 2 rings (SSSR count). The minimum absolute atomic E-state index is 0. The van der Waals surface area contributed by atoms with Gasteiger partial charge in [-0.2, -0.15) is 0 Å². The minimum Gasteiger partial charge on any atom is -0.384 e. The van der Waals surface area contributed by atoms with Crippen LogP contribution in [0.1, 0.15) is 11.6 Å². The van der Waals surface area contributed by atoms with Gasteiger partial charge in [-0.3, -0.25) is 4.98 Å². The third-order valence-electron chi connectivity index (χ3n) is 2.79. The third-order valence-corrected chi connectivity index (χ3v) is 2.79. The zero-order valence-corrected chi connectivity index (χ0v) is 9.67. The number of aromatic nitrogens is 1. The fourth-order valence-corrected chi connectivity index (χ4v) is 2.06. The fourth-order valence-electron chi connectivity index (χ4n) is 2.06. The van der Waals surface area contributed by atoms with Crippen molar-refractivity contribution in [2.24, 2.45) is 5.92 Å². The number of halogens is 1. The van der Waals surface area contributed by atoms with E-state index < -0.39 is 0 Å². The molecule has 4 heteroatoms. The summed E-state index contributed by atoms with van der Waals surface area (Å²) >= 11 is 0. The average Bonchev–Trinajstić information content (AvgIpc) is 2.68. The number of hydrogen-bond acceptors (Lipinski definition) is 3. The SMILES string of the molecule is COC[C@H]1CNC[C@@H]1c1ccccn1.Cl. The summed E-state index contributed by atoms with van der Waals surface area (Å²) in [7, 11) is 1.76. The van der Waals surface area contributed by atoms with Crippen molar-refractivity contribution in [1.29, 1.82) is 0 Å². The van der Waals surface area contributed by atoms with E-state index in [0.717, 1.165) is 19.7 Å². The molecule has 0 amide bonds. The van der Waals surface area contributed by atoms with Gasteiger partial charge in [0.1, 0.15) is 0 Å². The van der Waals surface area contributed by atoms with E-state index in [-0.39, 0.29) is 12.4 Å². The molecule has 0 aliphatic carbocycles. The molecule has 84 valence electrons. The van der Waals surface area contributed by atoms with Crippen LogP contribution in [0.2, 0.25) is 0 Å². The normalized spacial score (nSPS) is 24.9. The fraction of sp³-hybridized carbons (Fsp3) is 0.545. The number of ether oxygens (including phenoxy) is 1. The first kappa shape index (κ1) is 12.4. The molecule has 1 aliphatic rings. The summed E-state index contributed by atoms with van der Waals surface area (Å²) in [5, 5.41) is 3.39. The van der Waals surface area contributed by atoms with Crippen molar-refractivity contribution in [2.75, 3.05) is 26.8 Å². The van der Waals surface area contributed by atoms with E-state index in [1.54, 1.807) is 7.11 Å². The summed E-state index contributed by atoms with van der Waals surface area (Å²) in [6, 6.07) is 6.10. The number of nitrogens with one attached hydrogen (secondary N) is 1. The summed E-state index contributed by atoms with van der Waals surface area (Å²) in [6.45, 7) is 2.87. The summed E-state index contributed by atoms with van der Waals surface area (Å²) < 4.78 is 5.21. The molecule has 1 N–H and O–H groups in total. The Hall–Kier alpha value is -0.640. The highest BCUT2D eigenvalue weighted by atomic mass is 35.5. The van der Waals surface area contributed by atoms with Gasteiger partial charge >= 0.3 is 0 Å². The summed E-state index contributed by atoms with van der Waals surface area (Å²) in [4.78, 5) is 4.40. The largest absolute Gasteiger partial charge is 0.384 e. The van der Waals surface area contributed by atoms with Gasteiger partial charge in [-0.1, -0.05) is 6.07 Å². The molecule has 0 radical (unpaired) electrons. The van der Waals surface area contributed by atoms with Crippen LogP contribution < -0.4 is 5.32 Å². The van der Waals surface area contributed by atoms with Crippen LogP contribution >= 0.6 is 12.4 Å². The molecule has 2 atom stereocenters. The summed E-state index contributed by atoms with van der Waals surface area (Å²) in [5.74, 6) is 1.08. The van der Waals surface area contributed by atoms with Crippen molar-refractivity contribution in [2.45, 2.75) is 5.92 Å². The highest BCUT2D eigenvalue weighted by Crippen LogP contribution is 2.26. The first-order valence-electron chi connectivity index (χ1n) is 5.02. The Morgan fingerprint density at radius 3 is 3.00 bits per heavy atom. The molecule has 1 aromatic heterocycles. The van der Waals surface area contributed by atoms with Crippen LogP contribution in [0.15, 0.2) is 24.4 Å². The summed E-state index contributed by atoms with van der Waals surface area (Å²) in [6.07, 6.45) is 1.86. The second-order valence-electron chi connectivity index (χ2n) is 3.73. The molecule has 1 aromatic rings. The number of rotatable bonds is 3. The van der Waals surface area contributed by atoms with Gasteiger partial charge in [-0.15, -0.1) is 12.4 Å². The molecular weight excluding hydrogens is 212 g/mol. The van der Waals surface area contributed by atoms with Crippen molar-refractivity contribution >= 4 is 12.4 Å². The molecule has 0 bridgehead atoms. The zero-order chi connectivity index (χ0) is 9.80. The zero-order valence-electron chi connectivity index (χ0n) is 8.85. The lowest BCUT2D eigenvalue weighted by molar-refractivity contribution is 0.152. The molecule has 1 saturated heterocycles. The first-order valence-corrected chi connectivity index (χ1v) is 5.02. The molecule has 2 heterocycles. The van der Waals surface area contributed by atoms with Crippen LogP contribution in [0.4, 0.5) is 0 Å². The van der Waals surface area contributed by atoms with Crippen LogP contribution in [-0.2, 0) is 4.74 Å². The van der Waals surface area contributed by atoms with Crippen molar-refractivity contribution in [3.05, 3.63) is 30.1 Å². The van der Waals surface area contributed by atoms with Crippen molar-refractivity contribution in [1.82, 2.24) is 10.3 Å². The Morgan fingerprint density at radius 1 is 1.47 bits per heavy atom. The number of hydrogen-bond donors (Lipinski definition) is 1. The molecule has 1 aliphatic heterocycles. The van der Waals surface area contributed by atoms with Gasteiger partial charge in [0.2, 0.25) is 0 Å². The topological polar surface area (TPSA) is 34.1 Å². The van der Waals surface area contributed by atoms with E-state index in [1.165, 1.54) is 5.69 Å². The molecule has 0 aromatic carbocycles. The van der Waals surface area contributed by atoms with Crippen LogP contribution in [0.5, 0.6) is 0 Å². The highest BCUT2D eigenvalue weighted by molar-refractivity contribution is 5.85. The quantitative estimate of drug-likeness (QED) is 0.851. The highest BCUT2D eigenvalue weighted by Gasteiger charge is 2.28. The molecule has 15 heavy (non-hydrogen) atoms. The van der Waals surface area contributed by atoms with Crippen LogP contribution in [-0.4, -0.2) is 31.8 Å². The van der Waals surface area contributed by atoms with Gasteiger partial charge in [0.05, 0.1) is 6.61 Å². The molecule has 0 spiro atoms. The maximum Gasteiger partial charge on any atom is 0.0509 e. The Balaban J connectivity index is 0.00000112. The van der Waals surface area contributed by atoms with Crippen LogP contribution in [0.3, 0.4) is 0 Å². The monoisotopic (exact) mass is 228 g/mol. The van der Waals surface area contributed by atoms with Gasteiger partial charge in [-0.05, 0) is 12.1 Å². The number of pyridine rings is 1. The van der Waals surface area contributed by atoms with E-state index in [4.69, 9.17) is 4.74 Å². The van der Waals surface area contributed by atoms with Gasteiger partial charge in [-0.25, -0.2) is 0 Å². The van der Waals surface area contributed by atoms with E-state index in [0.29, 0.717) is 11.8 Å². The standard InChI is InChI=1S/C11H16N2O.ClH/c1-14-8-9-6-12-7-10(9)11-4-2-3-5-13-11;/h2-5,9-10,12H,6-8H2,1H3;1H/t9-,10+;/m1./s1. The molecule has 0 unspecified atom stereocenters. The van der Waals surface area contributed by atoms with Crippen molar-refractivity contribution in [3.63, 3.8) is 0 Å². The summed E-state index contributed by atoms with van der Waals surface area (Å²) in [5.41, 5.74) is 1.18. The average molecular weight is 229 g/mol. The lowest BCUT2D eigenvalue weighted by atomic mass is 9.93. The van der Waals surface area contributed by atoms with Crippen LogP contribution in [0.25, 0.3) is 0 Å². The number of methoxy groups -OCH3 is 1. The van der Waals surface area contributed by atoms with Gasteiger partial charge in [0, 0.05) is 43.9 Å². The Labute approximate surface area is 96.7 Å². The van der Waals surface area contributed by atoms with E-state index in [2.05, 4.69) is 16.4 Å². The van der Waals surface area contributed by atoms with E-state index >= 15 is 0 Å². The smallest absolute Gasteiger partial charge is 0.0509 e. The van der Waals surface area contributed by atoms with Gasteiger partial charge in [0.25, 0.3) is 0 Å².